The van der Waals surface area contributed by atoms with E-state index in [9.17, 15) is 4.79 Å². The maximum absolute atomic E-state index is 12.4. The fourth-order valence-corrected chi connectivity index (χ4v) is 2.47. The lowest BCUT2D eigenvalue weighted by atomic mass is 10.1. The van der Waals surface area contributed by atoms with E-state index >= 15 is 0 Å². The van der Waals surface area contributed by atoms with E-state index in [1.165, 1.54) is 32.7 Å². The minimum absolute atomic E-state index is 0.317. The fraction of sp³-hybridized carbons (Fsp3) is 0.286. The topological polar surface area (TPSA) is 69.7 Å². The van der Waals surface area contributed by atoms with E-state index in [4.69, 9.17) is 14.2 Å². The molecule has 0 aliphatic carbocycles. The predicted octanol–water partition coefficient (Wildman–Crippen LogP) is 2.73. The van der Waals surface area contributed by atoms with Gasteiger partial charge in [-0.2, -0.15) is 0 Å². The maximum Gasteiger partial charge on any atom is 0.261 e. The molecular formula is C14H16N2O4S. The Morgan fingerprint density at radius 2 is 1.71 bits per heavy atom. The highest BCUT2D eigenvalue weighted by Crippen LogP contribution is 2.35. The molecular weight excluding hydrogens is 292 g/mol. The Balaban J connectivity index is 2.34. The highest BCUT2D eigenvalue weighted by atomic mass is 32.1. The lowest BCUT2D eigenvalue weighted by Crippen LogP contribution is -2.13. The molecule has 2 rings (SSSR count). The zero-order valence-electron chi connectivity index (χ0n) is 12.2. The molecule has 0 aliphatic heterocycles. The van der Waals surface area contributed by atoms with Gasteiger partial charge in [-0.1, -0.05) is 0 Å². The van der Waals surface area contributed by atoms with Gasteiger partial charge in [0.15, 0.2) is 16.6 Å². The zero-order chi connectivity index (χ0) is 15.4. The minimum atomic E-state index is -0.317. The van der Waals surface area contributed by atoms with Gasteiger partial charge in [0.2, 0.25) is 0 Å². The summed E-state index contributed by atoms with van der Waals surface area (Å²) < 4.78 is 15.6. The number of carbonyl (C=O) groups excluding carboxylic acids is 1. The van der Waals surface area contributed by atoms with Crippen LogP contribution in [0, 0.1) is 6.92 Å². The molecule has 7 heteroatoms. The number of hydrogen-bond acceptors (Lipinski definition) is 6. The molecule has 21 heavy (non-hydrogen) atoms. The number of hydrogen-bond donors (Lipinski definition) is 1. The third kappa shape index (κ3) is 3.25. The second-order valence-corrected chi connectivity index (χ2v) is 5.01. The fourth-order valence-electron chi connectivity index (χ4n) is 1.78. The summed E-state index contributed by atoms with van der Waals surface area (Å²) in [4.78, 5) is 16.5. The van der Waals surface area contributed by atoms with Crippen molar-refractivity contribution in [3.63, 3.8) is 0 Å². The molecule has 2 aromatic rings. The van der Waals surface area contributed by atoms with Gasteiger partial charge >= 0.3 is 0 Å². The van der Waals surface area contributed by atoms with Crippen LogP contribution in [0.1, 0.15) is 16.1 Å². The first-order chi connectivity index (χ1) is 10.1. The second kappa shape index (κ2) is 6.45. The van der Waals surface area contributed by atoms with E-state index in [1.54, 1.807) is 12.1 Å². The third-order valence-corrected chi connectivity index (χ3v) is 3.67. The van der Waals surface area contributed by atoms with Crippen molar-refractivity contribution in [1.82, 2.24) is 4.98 Å². The number of benzene rings is 1. The van der Waals surface area contributed by atoms with Crippen LogP contribution >= 0.6 is 11.3 Å². The molecule has 0 bridgehead atoms. The zero-order valence-corrected chi connectivity index (χ0v) is 13.0. The van der Waals surface area contributed by atoms with E-state index in [-0.39, 0.29) is 5.91 Å². The van der Waals surface area contributed by atoms with Gasteiger partial charge < -0.3 is 14.2 Å². The van der Waals surface area contributed by atoms with Crippen LogP contribution < -0.4 is 19.5 Å². The molecule has 0 aliphatic rings. The second-order valence-electron chi connectivity index (χ2n) is 4.16. The first-order valence-corrected chi connectivity index (χ1v) is 7.00. The first kappa shape index (κ1) is 15.1. The monoisotopic (exact) mass is 308 g/mol. The largest absolute Gasteiger partial charge is 0.496 e. The van der Waals surface area contributed by atoms with Gasteiger partial charge in [-0.15, -0.1) is 11.3 Å². The van der Waals surface area contributed by atoms with Gasteiger partial charge in [-0.3, -0.25) is 10.1 Å². The molecule has 1 amide bonds. The number of thiazole rings is 1. The Kier molecular flexibility index (Phi) is 4.64. The predicted molar refractivity (Wildman–Crippen MR) is 80.9 cm³/mol. The molecule has 1 aromatic heterocycles. The van der Waals surface area contributed by atoms with Crippen LogP contribution in [-0.2, 0) is 0 Å². The number of nitrogens with zero attached hydrogens (tertiary/aromatic N) is 1. The molecule has 0 radical (unpaired) electrons. The summed E-state index contributed by atoms with van der Waals surface area (Å²) in [5.74, 6) is 1.04. The van der Waals surface area contributed by atoms with Crippen LogP contribution in [0.5, 0.6) is 17.2 Å². The summed E-state index contributed by atoms with van der Waals surface area (Å²) in [6, 6.07) is 3.19. The number of anilines is 1. The van der Waals surface area contributed by atoms with Crippen molar-refractivity contribution in [2.45, 2.75) is 6.92 Å². The Morgan fingerprint density at radius 3 is 2.24 bits per heavy atom. The molecule has 0 saturated carbocycles. The van der Waals surface area contributed by atoms with E-state index in [1.807, 2.05) is 12.3 Å². The highest BCUT2D eigenvalue weighted by molar-refractivity contribution is 7.13. The molecule has 0 fully saturated rings. The Labute approximate surface area is 126 Å². The number of rotatable bonds is 5. The van der Waals surface area contributed by atoms with E-state index in [2.05, 4.69) is 10.3 Å². The molecule has 0 unspecified atom stereocenters. The Morgan fingerprint density at radius 1 is 1.10 bits per heavy atom. The van der Waals surface area contributed by atoms with Crippen molar-refractivity contribution in [1.29, 1.82) is 0 Å². The number of methoxy groups -OCH3 is 3. The molecule has 0 saturated heterocycles. The number of aromatic nitrogens is 1. The van der Waals surface area contributed by atoms with Gasteiger partial charge in [-0.05, 0) is 6.92 Å². The minimum Gasteiger partial charge on any atom is -0.496 e. The summed E-state index contributed by atoms with van der Waals surface area (Å²) >= 11 is 1.36. The number of ether oxygens (including phenoxy) is 3. The molecule has 1 heterocycles. The van der Waals surface area contributed by atoms with Crippen molar-refractivity contribution in [2.24, 2.45) is 0 Å². The van der Waals surface area contributed by atoms with Crippen LogP contribution in [0.3, 0.4) is 0 Å². The first-order valence-electron chi connectivity index (χ1n) is 6.12. The van der Waals surface area contributed by atoms with Gasteiger partial charge in [0, 0.05) is 17.5 Å². The maximum atomic E-state index is 12.4. The normalized spacial score (nSPS) is 10.1. The Hall–Kier alpha value is -2.28. The third-order valence-electron chi connectivity index (χ3n) is 2.79. The molecule has 112 valence electrons. The Bertz CT molecular complexity index is 654. The van der Waals surface area contributed by atoms with Crippen LogP contribution in [0.2, 0.25) is 0 Å². The lowest BCUT2D eigenvalue weighted by molar-refractivity contribution is 0.102. The molecule has 1 aromatic carbocycles. The van der Waals surface area contributed by atoms with E-state index in [0.29, 0.717) is 27.9 Å². The van der Waals surface area contributed by atoms with Crippen molar-refractivity contribution >= 4 is 22.4 Å². The molecule has 0 atom stereocenters. The van der Waals surface area contributed by atoms with Crippen molar-refractivity contribution in [2.75, 3.05) is 26.6 Å². The number of aryl methyl sites for hydroxylation is 1. The quantitative estimate of drug-likeness (QED) is 0.919. The summed E-state index contributed by atoms with van der Waals surface area (Å²) in [6.45, 7) is 1.86. The summed E-state index contributed by atoms with van der Waals surface area (Å²) in [7, 11) is 4.52. The van der Waals surface area contributed by atoms with Crippen LogP contribution in [0.25, 0.3) is 0 Å². The van der Waals surface area contributed by atoms with Crippen molar-refractivity contribution < 1.29 is 19.0 Å². The molecule has 6 nitrogen and oxygen atoms in total. The summed E-state index contributed by atoms with van der Waals surface area (Å²) in [5, 5.41) is 5.13. The van der Waals surface area contributed by atoms with E-state index < -0.39 is 0 Å². The van der Waals surface area contributed by atoms with Crippen LogP contribution in [0.15, 0.2) is 17.5 Å². The van der Waals surface area contributed by atoms with Gasteiger partial charge in [-0.25, -0.2) is 4.98 Å². The smallest absolute Gasteiger partial charge is 0.261 e. The van der Waals surface area contributed by atoms with E-state index in [0.717, 1.165) is 5.69 Å². The standard InChI is InChI=1S/C14H16N2O4S/c1-8-7-21-14(15-8)16-13(17)9-5-11(19-3)12(20-4)6-10(9)18-2/h5-7H,1-4H3,(H,15,16,17). The average Bonchev–Trinajstić information content (AvgIpc) is 2.90. The SMILES string of the molecule is COc1cc(OC)c(C(=O)Nc2nc(C)cs2)cc1OC. The average molecular weight is 308 g/mol. The van der Waals surface area contributed by atoms with Crippen LogP contribution in [0.4, 0.5) is 5.13 Å². The molecule has 0 spiro atoms. The summed E-state index contributed by atoms with van der Waals surface area (Å²) in [5.41, 5.74) is 1.21. The lowest BCUT2D eigenvalue weighted by Gasteiger charge is -2.13. The highest BCUT2D eigenvalue weighted by Gasteiger charge is 2.18. The van der Waals surface area contributed by atoms with Gasteiger partial charge in [0.25, 0.3) is 5.91 Å². The van der Waals surface area contributed by atoms with Gasteiger partial charge in [0.05, 0.1) is 32.6 Å². The van der Waals surface area contributed by atoms with Crippen molar-refractivity contribution in [3.05, 3.63) is 28.8 Å². The summed E-state index contributed by atoms with van der Waals surface area (Å²) in [6.07, 6.45) is 0. The number of amides is 1. The number of nitrogens with one attached hydrogen (secondary N) is 1. The molecule has 1 N–H and O–H groups in total. The van der Waals surface area contributed by atoms with Crippen molar-refractivity contribution in [3.8, 4) is 17.2 Å². The number of carbonyl (C=O) groups is 1. The van der Waals surface area contributed by atoms with Crippen LogP contribution in [-0.4, -0.2) is 32.2 Å². The van der Waals surface area contributed by atoms with Gasteiger partial charge in [0.1, 0.15) is 5.75 Å².